The maximum atomic E-state index is 8.60. The minimum atomic E-state index is -0.275. The lowest BCUT2D eigenvalue weighted by Gasteiger charge is -2.14. The van der Waals surface area contributed by atoms with Gasteiger partial charge in [-0.2, -0.15) is 5.26 Å². The lowest BCUT2D eigenvalue weighted by atomic mass is 10.2. The first-order valence-corrected chi connectivity index (χ1v) is 4.73. The number of nitriles is 1. The van der Waals surface area contributed by atoms with E-state index in [0.717, 1.165) is 5.56 Å². The summed E-state index contributed by atoms with van der Waals surface area (Å²) in [6, 6.07) is 9.21. The summed E-state index contributed by atoms with van der Waals surface area (Å²) in [5.41, 5.74) is 1.28. The van der Waals surface area contributed by atoms with Crippen LogP contribution in [0.1, 0.15) is 31.9 Å². The van der Waals surface area contributed by atoms with E-state index in [0.29, 0.717) is 5.56 Å². The predicted octanol–water partition coefficient (Wildman–Crippen LogP) is 2.71. The quantitative estimate of drug-likeness (QED) is 0.546. The highest BCUT2D eigenvalue weighted by atomic mass is 16.6. The Morgan fingerprint density at radius 1 is 1.27 bits per heavy atom. The number of oxime groups is 1. The molecule has 78 valence electrons. The number of nitrogens with zero attached hydrogens (tertiary/aromatic N) is 2. The standard InChI is InChI=1S/C12H14N2O/c1-12(2,3)15-14-9-11-6-4-10(8-13)5-7-11/h4-7,9H,1-3H3/b14-9-. The predicted molar refractivity (Wildman–Crippen MR) is 59.6 cm³/mol. The van der Waals surface area contributed by atoms with Gasteiger partial charge in [-0.05, 0) is 38.5 Å². The molecular formula is C12H14N2O. The van der Waals surface area contributed by atoms with E-state index >= 15 is 0 Å². The molecule has 0 unspecified atom stereocenters. The van der Waals surface area contributed by atoms with Crippen molar-refractivity contribution >= 4 is 6.21 Å². The first-order chi connectivity index (χ1) is 7.01. The van der Waals surface area contributed by atoms with Crippen LogP contribution in [0.15, 0.2) is 29.4 Å². The normalized spacial score (nSPS) is 11.3. The van der Waals surface area contributed by atoms with Crippen LogP contribution in [0.3, 0.4) is 0 Å². The van der Waals surface area contributed by atoms with Gasteiger partial charge in [-0.3, -0.25) is 0 Å². The summed E-state index contributed by atoms with van der Waals surface area (Å²) < 4.78 is 0. The van der Waals surface area contributed by atoms with Crippen molar-refractivity contribution < 1.29 is 4.84 Å². The second-order valence-electron chi connectivity index (χ2n) is 4.17. The van der Waals surface area contributed by atoms with Crippen LogP contribution in [0, 0.1) is 11.3 Å². The molecule has 0 fully saturated rings. The van der Waals surface area contributed by atoms with Gasteiger partial charge in [0, 0.05) is 0 Å². The van der Waals surface area contributed by atoms with Gasteiger partial charge in [0.1, 0.15) is 5.60 Å². The molecule has 0 saturated heterocycles. The molecule has 1 rings (SSSR count). The van der Waals surface area contributed by atoms with Crippen molar-refractivity contribution in [2.24, 2.45) is 5.16 Å². The fourth-order valence-corrected chi connectivity index (χ4v) is 0.889. The van der Waals surface area contributed by atoms with Crippen LogP contribution in [0.25, 0.3) is 0 Å². The van der Waals surface area contributed by atoms with Gasteiger partial charge in [-0.1, -0.05) is 17.3 Å². The fourth-order valence-electron chi connectivity index (χ4n) is 0.889. The van der Waals surface area contributed by atoms with Crippen LogP contribution in [0.2, 0.25) is 0 Å². The zero-order valence-electron chi connectivity index (χ0n) is 9.19. The first kappa shape index (κ1) is 11.3. The molecule has 0 heterocycles. The van der Waals surface area contributed by atoms with Gasteiger partial charge >= 0.3 is 0 Å². The van der Waals surface area contributed by atoms with Gasteiger partial charge in [-0.15, -0.1) is 0 Å². The molecule has 3 nitrogen and oxygen atoms in total. The lowest BCUT2D eigenvalue weighted by Crippen LogP contribution is -2.15. The van der Waals surface area contributed by atoms with Crippen molar-refractivity contribution in [1.29, 1.82) is 5.26 Å². The van der Waals surface area contributed by atoms with E-state index in [2.05, 4.69) is 11.2 Å². The summed E-state index contributed by atoms with van der Waals surface area (Å²) in [6.07, 6.45) is 1.63. The van der Waals surface area contributed by atoms with Crippen molar-refractivity contribution in [2.75, 3.05) is 0 Å². The number of hydrogen-bond acceptors (Lipinski definition) is 3. The van der Waals surface area contributed by atoms with Crippen LogP contribution in [-0.4, -0.2) is 11.8 Å². The monoisotopic (exact) mass is 202 g/mol. The Kier molecular flexibility index (Phi) is 3.46. The van der Waals surface area contributed by atoms with E-state index in [1.54, 1.807) is 18.3 Å². The third-order valence-electron chi connectivity index (χ3n) is 1.57. The minimum Gasteiger partial charge on any atom is -0.390 e. The Morgan fingerprint density at radius 3 is 2.33 bits per heavy atom. The molecule has 0 radical (unpaired) electrons. The van der Waals surface area contributed by atoms with Crippen LogP contribution in [0.4, 0.5) is 0 Å². The molecule has 0 bridgehead atoms. The molecule has 15 heavy (non-hydrogen) atoms. The lowest BCUT2D eigenvalue weighted by molar-refractivity contribution is 0.00199. The number of benzene rings is 1. The van der Waals surface area contributed by atoms with Gasteiger partial charge < -0.3 is 4.84 Å². The van der Waals surface area contributed by atoms with Crippen molar-refractivity contribution in [1.82, 2.24) is 0 Å². The molecule has 0 N–H and O–H groups in total. The summed E-state index contributed by atoms with van der Waals surface area (Å²) >= 11 is 0. The molecule has 0 aromatic heterocycles. The molecule has 0 aliphatic heterocycles. The van der Waals surface area contributed by atoms with Crippen LogP contribution < -0.4 is 0 Å². The van der Waals surface area contributed by atoms with Crippen molar-refractivity contribution in [3.8, 4) is 6.07 Å². The Morgan fingerprint density at radius 2 is 1.87 bits per heavy atom. The Bertz CT molecular complexity index is 380. The molecule has 0 aliphatic carbocycles. The van der Waals surface area contributed by atoms with E-state index in [1.807, 2.05) is 32.9 Å². The average molecular weight is 202 g/mol. The Balaban J connectivity index is 2.62. The van der Waals surface area contributed by atoms with Crippen LogP contribution in [0.5, 0.6) is 0 Å². The van der Waals surface area contributed by atoms with Gasteiger partial charge in [0.05, 0.1) is 17.8 Å². The second-order valence-corrected chi connectivity index (χ2v) is 4.17. The summed E-state index contributed by atoms with van der Waals surface area (Å²) in [7, 11) is 0. The molecule has 3 heteroatoms. The van der Waals surface area contributed by atoms with E-state index in [4.69, 9.17) is 10.1 Å². The van der Waals surface area contributed by atoms with Crippen molar-refractivity contribution in [3.63, 3.8) is 0 Å². The van der Waals surface area contributed by atoms with Gasteiger partial charge in [-0.25, -0.2) is 0 Å². The first-order valence-electron chi connectivity index (χ1n) is 4.73. The van der Waals surface area contributed by atoms with E-state index < -0.39 is 0 Å². The molecule has 1 aromatic rings. The van der Waals surface area contributed by atoms with Crippen LogP contribution >= 0.6 is 0 Å². The van der Waals surface area contributed by atoms with Gasteiger partial charge in [0.15, 0.2) is 0 Å². The van der Waals surface area contributed by atoms with E-state index in [1.165, 1.54) is 0 Å². The summed E-state index contributed by atoms with van der Waals surface area (Å²) in [4.78, 5) is 5.19. The third-order valence-corrected chi connectivity index (χ3v) is 1.57. The zero-order chi connectivity index (χ0) is 11.3. The summed E-state index contributed by atoms with van der Waals surface area (Å²) in [5, 5.41) is 12.5. The highest BCUT2D eigenvalue weighted by Gasteiger charge is 2.09. The number of hydrogen-bond donors (Lipinski definition) is 0. The third kappa shape index (κ3) is 4.28. The molecule has 0 amide bonds. The van der Waals surface area contributed by atoms with E-state index in [9.17, 15) is 0 Å². The average Bonchev–Trinajstić information content (AvgIpc) is 2.17. The number of rotatable bonds is 2. The maximum Gasteiger partial charge on any atom is 0.129 e. The fraction of sp³-hybridized carbons (Fsp3) is 0.333. The molecule has 0 aliphatic rings. The Labute approximate surface area is 90.0 Å². The molecule has 0 saturated carbocycles. The van der Waals surface area contributed by atoms with Crippen molar-refractivity contribution in [2.45, 2.75) is 26.4 Å². The zero-order valence-corrected chi connectivity index (χ0v) is 9.19. The molecule has 0 spiro atoms. The molecular weight excluding hydrogens is 188 g/mol. The SMILES string of the molecule is CC(C)(C)O/N=C\c1ccc(C#N)cc1. The highest BCUT2D eigenvalue weighted by molar-refractivity contribution is 5.79. The molecule has 1 aromatic carbocycles. The smallest absolute Gasteiger partial charge is 0.129 e. The largest absolute Gasteiger partial charge is 0.390 e. The van der Waals surface area contributed by atoms with Crippen LogP contribution in [-0.2, 0) is 4.84 Å². The Hall–Kier alpha value is -1.82. The van der Waals surface area contributed by atoms with Gasteiger partial charge in [0.25, 0.3) is 0 Å². The highest BCUT2D eigenvalue weighted by Crippen LogP contribution is 2.07. The van der Waals surface area contributed by atoms with E-state index in [-0.39, 0.29) is 5.60 Å². The summed E-state index contributed by atoms with van der Waals surface area (Å²) in [5.74, 6) is 0. The minimum absolute atomic E-state index is 0.275. The summed E-state index contributed by atoms with van der Waals surface area (Å²) in [6.45, 7) is 5.80. The molecule has 0 atom stereocenters. The second kappa shape index (κ2) is 4.61. The van der Waals surface area contributed by atoms with Gasteiger partial charge in [0.2, 0.25) is 0 Å². The topological polar surface area (TPSA) is 45.4 Å². The van der Waals surface area contributed by atoms with Crippen molar-refractivity contribution in [3.05, 3.63) is 35.4 Å². The maximum absolute atomic E-state index is 8.60.